The van der Waals surface area contributed by atoms with Gasteiger partial charge in [0.1, 0.15) is 0 Å². The van der Waals surface area contributed by atoms with E-state index in [0.717, 1.165) is 5.92 Å². The molecule has 112 valence electrons. The van der Waals surface area contributed by atoms with Crippen LogP contribution < -0.4 is 5.32 Å². The van der Waals surface area contributed by atoms with E-state index in [1.807, 2.05) is 0 Å². The van der Waals surface area contributed by atoms with Crippen molar-refractivity contribution in [2.24, 2.45) is 5.92 Å². The molecular formula is C19H31N. The van der Waals surface area contributed by atoms with Crippen molar-refractivity contribution in [3.8, 4) is 0 Å². The molecule has 2 unspecified atom stereocenters. The van der Waals surface area contributed by atoms with Gasteiger partial charge in [0.15, 0.2) is 0 Å². The van der Waals surface area contributed by atoms with E-state index in [2.05, 4.69) is 50.5 Å². The van der Waals surface area contributed by atoms with Gasteiger partial charge in [-0.25, -0.2) is 0 Å². The molecule has 0 aliphatic heterocycles. The fourth-order valence-corrected chi connectivity index (χ4v) is 3.47. The number of nitrogens with one attached hydrogen (secondary N) is 1. The van der Waals surface area contributed by atoms with Gasteiger partial charge >= 0.3 is 0 Å². The molecule has 1 heteroatoms. The maximum atomic E-state index is 3.53. The summed E-state index contributed by atoms with van der Waals surface area (Å²) >= 11 is 0. The van der Waals surface area contributed by atoms with Crippen LogP contribution in [0.1, 0.15) is 81.9 Å². The molecule has 1 aliphatic carbocycles. The fourth-order valence-electron chi connectivity index (χ4n) is 3.47. The van der Waals surface area contributed by atoms with Gasteiger partial charge in [-0.3, -0.25) is 0 Å². The van der Waals surface area contributed by atoms with Gasteiger partial charge in [0.2, 0.25) is 0 Å². The lowest BCUT2D eigenvalue weighted by Crippen LogP contribution is -2.21. The second-order valence-corrected chi connectivity index (χ2v) is 6.56. The molecule has 0 amide bonds. The Balaban J connectivity index is 1.99. The van der Waals surface area contributed by atoms with Crippen molar-refractivity contribution in [1.29, 1.82) is 0 Å². The molecule has 0 bridgehead atoms. The second-order valence-electron chi connectivity index (χ2n) is 6.56. The molecule has 0 aromatic heterocycles. The highest BCUT2D eigenvalue weighted by molar-refractivity contribution is 5.27. The predicted molar refractivity (Wildman–Crippen MR) is 88.1 cm³/mol. The van der Waals surface area contributed by atoms with E-state index in [-0.39, 0.29) is 0 Å². The Kier molecular flexibility index (Phi) is 6.09. The van der Waals surface area contributed by atoms with Crippen molar-refractivity contribution in [1.82, 2.24) is 5.32 Å². The monoisotopic (exact) mass is 273 g/mol. The van der Waals surface area contributed by atoms with E-state index in [9.17, 15) is 0 Å². The maximum absolute atomic E-state index is 3.53. The van der Waals surface area contributed by atoms with Gasteiger partial charge in [0.05, 0.1) is 0 Å². The molecular weight excluding hydrogens is 242 g/mol. The average Bonchev–Trinajstić information content (AvgIpc) is 2.53. The Hall–Kier alpha value is -0.820. The van der Waals surface area contributed by atoms with Crippen LogP contribution in [0, 0.1) is 5.92 Å². The highest BCUT2D eigenvalue weighted by Crippen LogP contribution is 2.32. The van der Waals surface area contributed by atoms with Crippen molar-refractivity contribution >= 4 is 0 Å². The van der Waals surface area contributed by atoms with Crippen molar-refractivity contribution in [2.45, 2.75) is 70.8 Å². The van der Waals surface area contributed by atoms with Crippen molar-refractivity contribution < 1.29 is 0 Å². The van der Waals surface area contributed by atoms with Crippen LogP contribution in [0.25, 0.3) is 0 Å². The Morgan fingerprint density at radius 3 is 2.20 bits per heavy atom. The molecule has 1 aromatic rings. The van der Waals surface area contributed by atoms with Crippen LogP contribution in [-0.2, 0) is 0 Å². The smallest absolute Gasteiger partial charge is 0.0320 e. The lowest BCUT2D eigenvalue weighted by Gasteiger charge is -2.27. The number of hydrogen-bond donors (Lipinski definition) is 1. The molecule has 0 saturated heterocycles. The number of benzene rings is 1. The van der Waals surface area contributed by atoms with Crippen LogP contribution in [0.15, 0.2) is 24.3 Å². The molecule has 2 atom stereocenters. The first kappa shape index (κ1) is 15.6. The summed E-state index contributed by atoms with van der Waals surface area (Å²) < 4.78 is 0. The third-order valence-electron chi connectivity index (χ3n) is 5.16. The molecule has 1 N–H and O–H groups in total. The van der Waals surface area contributed by atoms with Gasteiger partial charge < -0.3 is 5.32 Å². The molecule has 1 fully saturated rings. The summed E-state index contributed by atoms with van der Waals surface area (Å²) in [5.41, 5.74) is 2.94. The van der Waals surface area contributed by atoms with E-state index in [0.29, 0.717) is 12.0 Å². The summed E-state index contributed by atoms with van der Waals surface area (Å²) in [5.74, 6) is 1.60. The van der Waals surface area contributed by atoms with Crippen LogP contribution in [0.3, 0.4) is 0 Å². The lowest BCUT2D eigenvalue weighted by molar-refractivity contribution is 0.306. The third-order valence-corrected chi connectivity index (χ3v) is 5.16. The summed E-state index contributed by atoms with van der Waals surface area (Å²) in [7, 11) is 2.11. The Morgan fingerprint density at radius 2 is 1.65 bits per heavy atom. The van der Waals surface area contributed by atoms with Crippen molar-refractivity contribution in [3.05, 3.63) is 35.4 Å². The topological polar surface area (TPSA) is 12.0 Å². The number of hydrogen-bond acceptors (Lipinski definition) is 1. The highest BCUT2D eigenvalue weighted by Gasteiger charge is 2.19. The minimum absolute atomic E-state index is 0.532. The minimum Gasteiger partial charge on any atom is -0.313 e. The van der Waals surface area contributed by atoms with E-state index in [1.54, 1.807) is 0 Å². The van der Waals surface area contributed by atoms with Crippen LogP contribution in [-0.4, -0.2) is 7.05 Å². The summed E-state index contributed by atoms with van der Waals surface area (Å²) in [6.07, 6.45) is 9.72. The van der Waals surface area contributed by atoms with Gasteiger partial charge in [-0.05, 0) is 42.9 Å². The van der Waals surface area contributed by atoms with E-state index in [1.165, 1.54) is 56.1 Å². The highest BCUT2D eigenvalue weighted by atomic mass is 14.9. The van der Waals surface area contributed by atoms with Gasteiger partial charge in [0, 0.05) is 6.04 Å². The molecule has 0 heterocycles. The van der Waals surface area contributed by atoms with Crippen molar-refractivity contribution in [3.63, 3.8) is 0 Å². The van der Waals surface area contributed by atoms with Crippen LogP contribution in [0.4, 0.5) is 0 Å². The summed E-state index contributed by atoms with van der Waals surface area (Å²) in [6.45, 7) is 4.57. The zero-order valence-electron chi connectivity index (χ0n) is 13.5. The molecule has 0 radical (unpaired) electrons. The van der Waals surface area contributed by atoms with E-state index < -0.39 is 0 Å². The standard InChI is InChI=1S/C19H31N/c1-4-15(2)17-10-12-18(13-11-17)19(20-3)14-16-8-6-5-7-9-16/h10-13,15-16,19-20H,4-9,14H2,1-3H3. The largest absolute Gasteiger partial charge is 0.313 e. The maximum Gasteiger partial charge on any atom is 0.0320 e. The average molecular weight is 273 g/mol. The Bertz CT molecular complexity index is 375. The predicted octanol–water partition coefficient (Wildman–Crippen LogP) is 5.43. The zero-order chi connectivity index (χ0) is 14.4. The van der Waals surface area contributed by atoms with Crippen LogP contribution in [0.5, 0.6) is 0 Å². The zero-order valence-corrected chi connectivity index (χ0v) is 13.5. The van der Waals surface area contributed by atoms with Crippen LogP contribution >= 0.6 is 0 Å². The SMILES string of the molecule is CCC(C)c1ccc(C(CC2CCCCC2)NC)cc1. The lowest BCUT2D eigenvalue weighted by atomic mass is 9.83. The minimum atomic E-state index is 0.532. The van der Waals surface area contributed by atoms with Gasteiger partial charge in [-0.15, -0.1) is 0 Å². The Morgan fingerprint density at radius 1 is 1.05 bits per heavy atom. The van der Waals surface area contributed by atoms with E-state index in [4.69, 9.17) is 0 Å². The van der Waals surface area contributed by atoms with E-state index >= 15 is 0 Å². The molecule has 1 aromatic carbocycles. The number of rotatable bonds is 6. The summed E-state index contributed by atoms with van der Waals surface area (Å²) in [4.78, 5) is 0. The first-order valence-electron chi connectivity index (χ1n) is 8.51. The first-order valence-corrected chi connectivity index (χ1v) is 8.51. The Labute approximate surface area is 125 Å². The quantitative estimate of drug-likeness (QED) is 0.728. The molecule has 1 nitrogen and oxygen atoms in total. The third kappa shape index (κ3) is 4.09. The molecule has 20 heavy (non-hydrogen) atoms. The van der Waals surface area contributed by atoms with Crippen LogP contribution in [0.2, 0.25) is 0 Å². The normalized spacial score (nSPS) is 19.8. The van der Waals surface area contributed by atoms with Crippen molar-refractivity contribution in [2.75, 3.05) is 7.05 Å². The fraction of sp³-hybridized carbons (Fsp3) is 0.684. The molecule has 2 rings (SSSR count). The summed E-state index contributed by atoms with van der Waals surface area (Å²) in [6, 6.07) is 9.87. The summed E-state index contributed by atoms with van der Waals surface area (Å²) in [5, 5.41) is 3.53. The molecule has 1 saturated carbocycles. The van der Waals surface area contributed by atoms with Gasteiger partial charge in [-0.1, -0.05) is 70.2 Å². The molecule has 0 spiro atoms. The van der Waals surface area contributed by atoms with Gasteiger partial charge in [0.25, 0.3) is 0 Å². The van der Waals surface area contributed by atoms with Gasteiger partial charge in [-0.2, -0.15) is 0 Å². The molecule has 1 aliphatic rings. The first-order chi connectivity index (χ1) is 9.74. The second kappa shape index (κ2) is 7.83.